The van der Waals surface area contributed by atoms with Gasteiger partial charge < -0.3 is 10.3 Å². The molecule has 0 bridgehead atoms. The van der Waals surface area contributed by atoms with Gasteiger partial charge in [-0.3, -0.25) is 14.3 Å². The Bertz CT molecular complexity index is 826. The molecule has 7 nitrogen and oxygen atoms in total. The lowest BCUT2D eigenvalue weighted by molar-refractivity contribution is -0.121. The Morgan fingerprint density at radius 2 is 2.22 bits per heavy atom. The highest BCUT2D eigenvalue weighted by Gasteiger charge is 2.13. The van der Waals surface area contributed by atoms with Gasteiger partial charge in [-0.2, -0.15) is 10.4 Å². The molecule has 0 atom stereocenters. The van der Waals surface area contributed by atoms with E-state index in [9.17, 15) is 9.59 Å². The highest BCUT2D eigenvalue weighted by Crippen LogP contribution is 2.14. The third-order valence-corrected chi connectivity index (χ3v) is 3.77. The summed E-state index contributed by atoms with van der Waals surface area (Å²) in [6.07, 6.45) is 4.31. The molecule has 0 saturated carbocycles. The zero-order valence-corrected chi connectivity index (χ0v) is 13.4. The van der Waals surface area contributed by atoms with Crippen LogP contribution < -0.4 is 10.9 Å². The second-order valence-electron chi connectivity index (χ2n) is 5.47. The summed E-state index contributed by atoms with van der Waals surface area (Å²) < 4.78 is 1.68. The van der Waals surface area contributed by atoms with Crippen LogP contribution in [0.5, 0.6) is 0 Å². The van der Waals surface area contributed by atoms with E-state index in [1.54, 1.807) is 24.7 Å². The van der Waals surface area contributed by atoms with Gasteiger partial charge >= 0.3 is 0 Å². The molecule has 0 saturated heterocycles. The average Bonchev–Trinajstić information content (AvgIpc) is 2.90. The summed E-state index contributed by atoms with van der Waals surface area (Å²) in [6.45, 7) is 3.95. The third-order valence-electron chi connectivity index (χ3n) is 3.77. The van der Waals surface area contributed by atoms with Gasteiger partial charge in [-0.05, 0) is 31.4 Å². The number of aromatic amines is 1. The summed E-state index contributed by atoms with van der Waals surface area (Å²) in [5.74, 6) is -0.0858. The summed E-state index contributed by atoms with van der Waals surface area (Å²) in [4.78, 5) is 26.3. The second-order valence-corrected chi connectivity index (χ2v) is 5.47. The van der Waals surface area contributed by atoms with Crippen LogP contribution in [0.2, 0.25) is 0 Å². The van der Waals surface area contributed by atoms with Crippen molar-refractivity contribution in [2.75, 3.05) is 0 Å². The van der Waals surface area contributed by atoms with Crippen molar-refractivity contribution in [2.45, 2.75) is 33.2 Å². The Balaban J connectivity index is 1.99. The number of aromatic nitrogens is 3. The van der Waals surface area contributed by atoms with Crippen LogP contribution in [0.15, 0.2) is 17.2 Å². The zero-order valence-electron chi connectivity index (χ0n) is 13.4. The van der Waals surface area contributed by atoms with E-state index in [1.165, 1.54) is 0 Å². The van der Waals surface area contributed by atoms with Crippen molar-refractivity contribution in [3.63, 3.8) is 0 Å². The first-order valence-electron chi connectivity index (χ1n) is 7.29. The maximum Gasteiger partial charge on any atom is 0.266 e. The van der Waals surface area contributed by atoms with Crippen molar-refractivity contribution in [3.8, 4) is 6.07 Å². The monoisotopic (exact) mass is 313 g/mol. The van der Waals surface area contributed by atoms with Gasteiger partial charge in [0.2, 0.25) is 5.91 Å². The Morgan fingerprint density at radius 3 is 2.83 bits per heavy atom. The molecule has 2 heterocycles. The van der Waals surface area contributed by atoms with Crippen molar-refractivity contribution in [1.29, 1.82) is 5.26 Å². The minimum atomic E-state index is -0.382. The molecule has 0 aliphatic carbocycles. The number of carbonyl (C=O) groups excluding carboxylic acids is 1. The second kappa shape index (κ2) is 6.92. The SMILES string of the molecule is Cc1[nH]c(=O)c(C#N)c(C)c1CCC(=O)NCc1cnn(C)c1. The first kappa shape index (κ1) is 16.5. The number of hydrogen-bond acceptors (Lipinski definition) is 4. The molecule has 0 aromatic carbocycles. The molecular formula is C16H19N5O2. The third kappa shape index (κ3) is 3.86. The molecule has 0 radical (unpaired) electrons. The Labute approximate surface area is 134 Å². The number of carbonyl (C=O) groups is 1. The standard InChI is InChI=1S/C16H19N5O2/c1-10-13(11(2)20-16(23)14(10)6-17)4-5-15(22)18-7-12-8-19-21(3)9-12/h8-9H,4-5,7H2,1-3H3,(H,18,22)(H,20,23). The van der Waals surface area contributed by atoms with Gasteiger partial charge in [-0.25, -0.2) is 0 Å². The van der Waals surface area contributed by atoms with Gasteiger partial charge in [0.25, 0.3) is 5.56 Å². The molecule has 0 fully saturated rings. The normalized spacial score (nSPS) is 10.3. The Hall–Kier alpha value is -2.88. The smallest absolute Gasteiger partial charge is 0.266 e. The van der Waals surface area contributed by atoms with Gasteiger partial charge in [0.1, 0.15) is 11.6 Å². The highest BCUT2D eigenvalue weighted by atomic mass is 16.1. The number of pyridine rings is 1. The maximum atomic E-state index is 12.0. The van der Waals surface area contributed by atoms with Crippen LogP contribution in [0.3, 0.4) is 0 Å². The minimum Gasteiger partial charge on any atom is -0.352 e. The average molecular weight is 313 g/mol. The summed E-state index contributed by atoms with van der Waals surface area (Å²) in [6, 6.07) is 1.91. The van der Waals surface area contributed by atoms with E-state index in [-0.39, 0.29) is 17.0 Å². The lowest BCUT2D eigenvalue weighted by Crippen LogP contribution is -2.24. The van der Waals surface area contributed by atoms with Gasteiger partial charge in [0, 0.05) is 37.5 Å². The lowest BCUT2D eigenvalue weighted by atomic mass is 9.99. The molecule has 0 aliphatic rings. The van der Waals surface area contributed by atoms with Gasteiger partial charge in [0.15, 0.2) is 0 Å². The lowest BCUT2D eigenvalue weighted by Gasteiger charge is -2.10. The molecule has 1 amide bonds. The first-order chi connectivity index (χ1) is 10.9. The van der Waals surface area contributed by atoms with Crippen molar-refractivity contribution in [2.24, 2.45) is 7.05 Å². The molecule has 0 spiro atoms. The van der Waals surface area contributed by atoms with Gasteiger partial charge in [-0.1, -0.05) is 0 Å². The predicted molar refractivity (Wildman–Crippen MR) is 84.6 cm³/mol. The molecule has 2 aromatic rings. The molecule has 7 heteroatoms. The largest absolute Gasteiger partial charge is 0.352 e. The fourth-order valence-corrected chi connectivity index (χ4v) is 2.51. The van der Waals surface area contributed by atoms with E-state index in [1.807, 2.05) is 19.3 Å². The van der Waals surface area contributed by atoms with E-state index in [2.05, 4.69) is 15.4 Å². The van der Waals surface area contributed by atoms with Gasteiger partial charge in [-0.15, -0.1) is 0 Å². The van der Waals surface area contributed by atoms with Crippen LogP contribution in [-0.2, 0) is 24.8 Å². The number of amides is 1. The molecule has 23 heavy (non-hydrogen) atoms. The van der Waals surface area contributed by atoms with Crippen LogP contribution in [0.25, 0.3) is 0 Å². The number of H-pyrrole nitrogens is 1. The minimum absolute atomic E-state index is 0.0858. The molecule has 2 N–H and O–H groups in total. The molecule has 0 unspecified atom stereocenters. The topological polar surface area (TPSA) is 104 Å². The predicted octanol–water partition coefficient (Wildman–Crippen LogP) is 0.846. The summed E-state index contributed by atoms with van der Waals surface area (Å²) in [5.41, 5.74) is 2.86. The molecule has 2 rings (SSSR count). The van der Waals surface area contributed by atoms with Crippen molar-refractivity contribution in [1.82, 2.24) is 20.1 Å². The van der Waals surface area contributed by atoms with Crippen LogP contribution in [0.1, 0.15) is 34.4 Å². The number of hydrogen-bond donors (Lipinski definition) is 2. The van der Waals surface area contributed by atoms with Crippen molar-refractivity contribution in [3.05, 3.63) is 50.7 Å². The van der Waals surface area contributed by atoms with Crippen molar-refractivity contribution >= 4 is 5.91 Å². The quantitative estimate of drug-likeness (QED) is 0.853. The van der Waals surface area contributed by atoms with E-state index in [0.29, 0.717) is 30.6 Å². The molecule has 120 valence electrons. The van der Waals surface area contributed by atoms with Crippen LogP contribution in [-0.4, -0.2) is 20.7 Å². The summed E-state index contributed by atoms with van der Waals surface area (Å²) >= 11 is 0. The van der Waals surface area contributed by atoms with E-state index in [0.717, 1.165) is 11.1 Å². The van der Waals surface area contributed by atoms with E-state index >= 15 is 0 Å². The number of rotatable bonds is 5. The van der Waals surface area contributed by atoms with E-state index < -0.39 is 0 Å². The zero-order chi connectivity index (χ0) is 17.0. The maximum absolute atomic E-state index is 12.0. The van der Waals surface area contributed by atoms with Crippen LogP contribution in [0, 0.1) is 25.2 Å². The number of nitriles is 1. The molecule has 2 aromatic heterocycles. The fraction of sp³-hybridized carbons (Fsp3) is 0.375. The number of nitrogens with one attached hydrogen (secondary N) is 2. The van der Waals surface area contributed by atoms with Crippen LogP contribution in [0.4, 0.5) is 0 Å². The molecule has 0 aliphatic heterocycles. The van der Waals surface area contributed by atoms with Gasteiger partial charge in [0.05, 0.1) is 6.20 Å². The first-order valence-corrected chi connectivity index (χ1v) is 7.29. The molecular weight excluding hydrogens is 294 g/mol. The Kier molecular flexibility index (Phi) is 4.96. The van der Waals surface area contributed by atoms with Crippen molar-refractivity contribution < 1.29 is 4.79 Å². The number of aryl methyl sites for hydroxylation is 2. The summed E-state index contributed by atoms with van der Waals surface area (Å²) in [7, 11) is 1.82. The number of nitrogens with zero attached hydrogens (tertiary/aromatic N) is 3. The fourth-order valence-electron chi connectivity index (χ4n) is 2.51. The van der Waals surface area contributed by atoms with Crippen LogP contribution >= 0.6 is 0 Å². The highest BCUT2D eigenvalue weighted by molar-refractivity contribution is 5.76. The Morgan fingerprint density at radius 1 is 1.48 bits per heavy atom. The van der Waals surface area contributed by atoms with E-state index in [4.69, 9.17) is 5.26 Å². The summed E-state index contributed by atoms with van der Waals surface area (Å²) in [5, 5.41) is 15.9.